The molecule has 0 aliphatic carbocycles. The highest BCUT2D eigenvalue weighted by molar-refractivity contribution is 7.89. The van der Waals surface area contributed by atoms with Crippen molar-refractivity contribution in [3.8, 4) is 11.5 Å². The lowest BCUT2D eigenvalue weighted by atomic mass is 10.1. The van der Waals surface area contributed by atoms with Crippen LogP contribution in [0.25, 0.3) is 0 Å². The topological polar surface area (TPSA) is 75.7 Å². The van der Waals surface area contributed by atoms with E-state index < -0.39 is 10.0 Å². The second-order valence-corrected chi connectivity index (χ2v) is 9.74. The number of aryl methyl sites for hydroxylation is 1. The molecule has 0 spiro atoms. The summed E-state index contributed by atoms with van der Waals surface area (Å²) in [4.78, 5) is 13.3. The lowest BCUT2D eigenvalue weighted by Gasteiger charge is -2.26. The predicted octanol–water partition coefficient (Wildman–Crippen LogP) is 5.21. The van der Waals surface area contributed by atoms with E-state index in [1.165, 1.54) is 10.4 Å². The highest BCUT2D eigenvalue weighted by atomic mass is 32.2. The Hall–Kier alpha value is -3.16. The molecule has 0 bridgehead atoms. The third-order valence-electron chi connectivity index (χ3n) is 5.51. The molecule has 6 nitrogen and oxygen atoms in total. The van der Waals surface area contributed by atoms with E-state index >= 15 is 0 Å². The standard InChI is InChI=1S/C25H26N2O4S/c1-19-14-15-21(32(29,30)27-16-8-3-9-17-27)18-22(19)25(28)26-23-12-6-7-13-24(23)31-20-10-4-2-5-11-20/h2,4-7,10-15,18H,3,8-9,16-17H2,1H3,(H,26,28). The van der Waals surface area contributed by atoms with Gasteiger partial charge in [-0.3, -0.25) is 4.79 Å². The van der Waals surface area contributed by atoms with Gasteiger partial charge in [-0.2, -0.15) is 4.31 Å². The molecule has 166 valence electrons. The third-order valence-corrected chi connectivity index (χ3v) is 7.41. The Morgan fingerprint density at radius 2 is 1.59 bits per heavy atom. The fraction of sp³-hybridized carbons (Fsp3) is 0.240. The summed E-state index contributed by atoms with van der Waals surface area (Å²) in [5.74, 6) is 0.768. The number of rotatable bonds is 6. The monoisotopic (exact) mass is 450 g/mol. The summed E-state index contributed by atoms with van der Waals surface area (Å²) < 4.78 is 33.5. The third kappa shape index (κ3) is 4.84. The number of ether oxygens (including phenoxy) is 1. The van der Waals surface area contributed by atoms with Crippen LogP contribution < -0.4 is 10.1 Å². The smallest absolute Gasteiger partial charge is 0.256 e. The maximum absolute atomic E-state index is 13.1. The maximum Gasteiger partial charge on any atom is 0.256 e. The van der Waals surface area contributed by atoms with E-state index in [0.29, 0.717) is 41.4 Å². The first-order valence-electron chi connectivity index (χ1n) is 10.7. The molecule has 3 aromatic carbocycles. The molecule has 7 heteroatoms. The van der Waals surface area contributed by atoms with Crippen LogP contribution in [-0.4, -0.2) is 31.7 Å². The quantitative estimate of drug-likeness (QED) is 0.559. The highest BCUT2D eigenvalue weighted by Crippen LogP contribution is 2.30. The van der Waals surface area contributed by atoms with Crippen molar-refractivity contribution in [1.29, 1.82) is 0 Å². The number of nitrogens with one attached hydrogen (secondary N) is 1. The van der Waals surface area contributed by atoms with Gasteiger partial charge in [0.1, 0.15) is 5.75 Å². The SMILES string of the molecule is Cc1ccc(S(=O)(=O)N2CCCCC2)cc1C(=O)Nc1ccccc1Oc1ccccc1. The van der Waals surface area contributed by atoms with Crippen molar-refractivity contribution in [1.82, 2.24) is 4.31 Å². The summed E-state index contributed by atoms with van der Waals surface area (Å²) in [7, 11) is -3.63. The molecular weight excluding hydrogens is 424 g/mol. The number of amides is 1. The number of piperidine rings is 1. The number of anilines is 1. The number of carbonyl (C=O) groups is 1. The van der Waals surface area contributed by atoms with Gasteiger partial charge in [0.2, 0.25) is 10.0 Å². The van der Waals surface area contributed by atoms with Crippen molar-refractivity contribution < 1.29 is 17.9 Å². The van der Waals surface area contributed by atoms with Gasteiger partial charge in [-0.05, 0) is 61.7 Å². The molecule has 0 aromatic heterocycles. The molecule has 1 saturated heterocycles. The van der Waals surface area contributed by atoms with E-state index in [2.05, 4.69) is 5.32 Å². The normalized spacial score (nSPS) is 14.7. The summed E-state index contributed by atoms with van der Waals surface area (Å²) in [6, 6.07) is 21.2. The minimum Gasteiger partial charge on any atom is -0.455 e. The van der Waals surface area contributed by atoms with Crippen molar-refractivity contribution in [3.05, 3.63) is 83.9 Å². The van der Waals surface area contributed by atoms with Gasteiger partial charge in [-0.1, -0.05) is 42.8 Å². The number of benzene rings is 3. The predicted molar refractivity (Wildman–Crippen MR) is 125 cm³/mol. The summed E-state index contributed by atoms with van der Waals surface area (Å²) >= 11 is 0. The fourth-order valence-corrected chi connectivity index (χ4v) is 5.27. The number of carbonyl (C=O) groups excluding carboxylic acids is 1. The van der Waals surface area contributed by atoms with Crippen LogP contribution in [0.15, 0.2) is 77.7 Å². The molecule has 1 fully saturated rings. The van der Waals surface area contributed by atoms with Crippen LogP contribution in [0.1, 0.15) is 35.2 Å². The summed E-state index contributed by atoms with van der Waals surface area (Å²) in [6.45, 7) is 2.82. The molecule has 0 radical (unpaired) electrons. The van der Waals surface area contributed by atoms with Gasteiger partial charge in [0.15, 0.2) is 5.75 Å². The van der Waals surface area contributed by atoms with Crippen molar-refractivity contribution in [2.24, 2.45) is 0 Å². The number of hydrogen-bond donors (Lipinski definition) is 1. The van der Waals surface area contributed by atoms with E-state index in [9.17, 15) is 13.2 Å². The summed E-state index contributed by atoms with van der Waals surface area (Å²) in [5, 5.41) is 2.87. The Morgan fingerprint density at radius 1 is 0.906 bits per heavy atom. The van der Waals surface area contributed by atoms with Crippen LogP contribution in [0.2, 0.25) is 0 Å². The summed E-state index contributed by atoms with van der Waals surface area (Å²) in [5.41, 5.74) is 1.52. The van der Waals surface area contributed by atoms with Crippen LogP contribution in [0.4, 0.5) is 5.69 Å². The Kier molecular flexibility index (Phi) is 6.58. The second kappa shape index (κ2) is 9.54. The average Bonchev–Trinajstić information content (AvgIpc) is 2.81. The second-order valence-electron chi connectivity index (χ2n) is 7.81. The zero-order chi connectivity index (χ0) is 22.6. The maximum atomic E-state index is 13.1. The van der Waals surface area contributed by atoms with Crippen LogP contribution in [0.5, 0.6) is 11.5 Å². The summed E-state index contributed by atoms with van der Waals surface area (Å²) in [6.07, 6.45) is 2.76. The fourth-order valence-electron chi connectivity index (χ4n) is 3.72. The number of hydrogen-bond acceptors (Lipinski definition) is 4. The lowest BCUT2D eigenvalue weighted by molar-refractivity contribution is 0.102. The van der Waals surface area contributed by atoms with Gasteiger partial charge in [0, 0.05) is 18.7 Å². The van der Waals surface area contributed by atoms with Crippen molar-refractivity contribution in [2.75, 3.05) is 18.4 Å². The first-order valence-corrected chi connectivity index (χ1v) is 12.1. The molecule has 1 aliphatic rings. The van der Waals surface area contributed by atoms with Crippen molar-refractivity contribution in [2.45, 2.75) is 31.1 Å². The zero-order valence-electron chi connectivity index (χ0n) is 18.0. The van der Waals surface area contributed by atoms with Crippen LogP contribution in [-0.2, 0) is 10.0 Å². The molecule has 1 N–H and O–H groups in total. The van der Waals surface area contributed by atoms with Gasteiger partial charge in [-0.15, -0.1) is 0 Å². The van der Waals surface area contributed by atoms with Gasteiger partial charge in [-0.25, -0.2) is 8.42 Å². The molecule has 0 atom stereocenters. The Labute approximate surface area is 188 Å². The molecule has 0 saturated carbocycles. The van der Waals surface area contributed by atoms with Gasteiger partial charge >= 0.3 is 0 Å². The molecule has 32 heavy (non-hydrogen) atoms. The Bertz CT molecular complexity index is 1200. The number of nitrogens with zero attached hydrogens (tertiary/aromatic N) is 1. The molecule has 1 heterocycles. The molecular formula is C25H26N2O4S. The van der Waals surface area contributed by atoms with Gasteiger partial charge in [0.05, 0.1) is 10.6 Å². The van der Waals surface area contributed by atoms with E-state index in [1.54, 1.807) is 37.3 Å². The van der Waals surface area contributed by atoms with Crippen LogP contribution in [0.3, 0.4) is 0 Å². The average molecular weight is 451 g/mol. The van der Waals surface area contributed by atoms with Crippen molar-refractivity contribution in [3.63, 3.8) is 0 Å². The Balaban J connectivity index is 1.59. The van der Waals surface area contributed by atoms with Crippen molar-refractivity contribution >= 4 is 21.6 Å². The molecule has 1 amide bonds. The molecule has 4 rings (SSSR count). The highest BCUT2D eigenvalue weighted by Gasteiger charge is 2.27. The van der Waals surface area contributed by atoms with Crippen LogP contribution in [0, 0.1) is 6.92 Å². The largest absolute Gasteiger partial charge is 0.455 e. The minimum absolute atomic E-state index is 0.143. The Morgan fingerprint density at radius 3 is 2.34 bits per heavy atom. The first-order chi connectivity index (χ1) is 15.4. The molecule has 0 unspecified atom stereocenters. The number of para-hydroxylation sites is 3. The lowest BCUT2D eigenvalue weighted by Crippen LogP contribution is -2.35. The van der Waals surface area contributed by atoms with Crippen LogP contribution >= 0.6 is 0 Å². The molecule has 1 aliphatic heterocycles. The van der Waals surface area contributed by atoms with E-state index in [1.807, 2.05) is 36.4 Å². The number of sulfonamides is 1. The van der Waals surface area contributed by atoms with E-state index in [0.717, 1.165) is 19.3 Å². The zero-order valence-corrected chi connectivity index (χ0v) is 18.8. The van der Waals surface area contributed by atoms with E-state index in [4.69, 9.17) is 4.74 Å². The van der Waals surface area contributed by atoms with Gasteiger partial charge < -0.3 is 10.1 Å². The first kappa shape index (κ1) is 22.0. The van der Waals surface area contributed by atoms with Gasteiger partial charge in [0.25, 0.3) is 5.91 Å². The minimum atomic E-state index is -3.63. The van der Waals surface area contributed by atoms with E-state index in [-0.39, 0.29) is 10.8 Å². The molecule has 3 aromatic rings.